The van der Waals surface area contributed by atoms with Gasteiger partial charge in [-0.1, -0.05) is 18.2 Å². The molecule has 0 bridgehead atoms. The number of hydrogen-bond acceptors (Lipinski definition) is 12. The molecule has 17 heteroatoms. The molecule has 14 nitrogen and oxygen atoms in total. The van der Waals surface area contributed by atoms with Crippen LogP contribution in [0.3, 0.4) is 0 Å². The van der Waals surface area contributed by atoms with Crippen molar-refractivity contribution >= 4 is 42.4 Å². The van der Waals surface area contributed by atoms with Gasteiger partial charge in [-0.05, 0) is 46.8 Å². The molecular formula is C25H33ClFN6O8P. The van der Waals surface area contributed by atoms with Crippen LogP contribution in [0.5, 0.6) is 11.6 Å². The summed E-state index contributed by atoms with van der Waals surface area (Å²) in [5.41, 5.74) is 6.14. The summed E-state index contributed by atoms with van der Waals surface area (Å²) in [6.45, 7) is 6.90. The molecule has 4 rings (SSSR count). The van der Waals surface area contributed by atoms with Gasteiger partial charge in [0, 0.05) is 0 Å². The number of ether oxygens (including phenoxy) is 3. The molecule has 2 aromatic heterocycles. The zero-order valence-corrected chi connectivity index (χ0v) is 25.2. The third-order valence-corrected chi connectivity index (χ3v) is 8.15. The number of halogens is 2. The number of esters is 1. The van der Waals surface area contributed by atoms with Crippen molar-refractivity contribution in [3.63, 3.8) is 0 Å². The highest BCUT2D eigenvalue weighted by Crippen LogP contribution is 2.53. The number of carbonyl (C=O) groups is 1. The molecule has 1 saturated heterocycles. The van der Waals surface area contributed by atoms with Gasteiger partial charge >= 0.3 is 13.7 Å². The van der Waals surface area contributed by atoms with Gasteiger partial charge in [-0.2, -0.15) is 15.1 Å². The van der Waals surface area contributed by atoms with Crippen LogP contribution in [0.4, 0.5) is 10.3 Å². The first kappa shape index (κ1) is 31.9. The number of anilines is 1. The Hall–Kier alpha value is -3.07. The predicted molar refractivity (Wildman–Crippen MR) is 150 cm³/mol. The molecule has 1 aromatic carbocycles. The highest BCUT2D eigenvalue weighted by atomic mass is 35.5. The lowest BCUT2D eigenvalue weighted by Crippen LogP contribution is -2.46. The first-order valence-corrected chi connectivity index (χ1v) is 14.9. The average Bonchev–Trinajstić information content (AvgIpc) is 3.40. The van der Waals surface area contributed by atoms with E-state index in [-0.39, 0.29) is 35.3 Å². The minimum absolute atomic E-state index is 0.0959. The number of nitrogens with one attached hydrogen (secondary N) is 1. The Balaban J connectivity index is 1.61. The number of carbonyl (C=O) groups excluding carboxylic acids is 1. The number of nitrogens with two attached hydrogens (primary N) is 1. The number of para-hydroxylation sites is 1. The number of benzene rings is 1. The fourth-order valence-corrected chi connectivity index (χ4v) is 6.00. The largest absolute Gasteiger partial charge is 0.476 e. The number of alkyl halides is 2. The average molecular weight is 631 g/mol. The number of aliphatic hydroxyl groups is 1. The molecule has 230 valence electrons. The molecule has 6 atom stereocenters. The Bertz CT molecular complexity index is 1460. The van der Waals surface area contributed by atoms with Gasteiger partial charge in [0.15, 0.2) is 17.4 Å². The first-order valence-electron chi connectivity index (χ1n) is 13.0. The third kappa shape index (κ3) is 6.61. The van der Waals surface area contributed by atoms with Crippen LogP contribution in [0.15, 0.2) is 36.7 Å². The van der Waals surface area contributed by atoms with Crippen molar-refractivity contribution in [3.05, 3.63) is 36.7 Å². The van der Waals surface area contributed by atoms with E-state index in [1.54, 1.807) is 39.0 Å². The Labute approximate surface area is 246 Å². The maximum atomic E-state index is 16.4. The second kappa shape index (κ2) is 12.3. The van der Waals surface area contributed by atoms with Crippen molar-refractivity contribution in [2.45, 2.75) is 69.8 Å². The molecule has 1 unspecified atom stereocenters. The van der Waals surface area contributed by atoms with Crippen LogP contribution < -0.4 is 20.1 Å². The molecule has 1 aliphatic rings. The summed E-state index contributed by atoms with van der Waals surface area (Å²) < 4.78 is 58.7. The van der Waals surface area contributed by atoms with Gasteiger partial charge in [0.1, 0.15) is 29.4 Å². The topological polar surface area (TPSA) is 182 Å². The van der Waals surface area contributed by atoms with Crippen molar-refractivity contribution in [2.75, 3.05) is 18.9 Å². The lowest BCUT2D eigenvalue weighted by molar-refractivity contribution is -0.202. The van der Waals surface area contributed by atoms with Crippen LogP contribution in [-0.2, 0) is 23.4 Å². The van der Waals surface area contributed by atoms with Crippen molar-refractivity contribution in [1.82, 2.24) is 24.6 Å². The van der Waals surface area contributed by atoms with Crippen LogP contribution >= 0.6 is 19.3 Å². The van der Waals surface area contributed by atoms with Gasteiger partial charge in [0.25, 0.3) is 5.85 Å². The molecule has 1 fully saturated rings. The highest BCUT2D eigenvalue weighted by molar-refractivity contribution is 7.52. The molecule has 0 amide bonds. The van der Waals surface area contributed by atoms with E-state index in [1.807, 2.05) is 0 Å². The number of nitrogens with zero attached hydrogens (tertiary/aromatic N) is 4. The molecule has 0 aliphatic carbocycles. The number of rotatable bonds is 12. The summed E-state index contributed by atoms with van der Waals surface area (Å²) in [7, 11) is -4.50. The zero-order valence-electron chi connectivity index (χ0n) is 23.6. The number of hydrogen-bond donors (Lipinski definition) is 3. The van der Waals surface area contributed by atoms with E-state index in [4.69, 9.17) is 40.6 Å². The van der Waals surface area contributed by atoms with Crippen LogP contribution in [-0.4, -0.2) is 72.8 Å². The van der Waals surface area contributed by atoms with Crippen LogP contribution in [0.1, 0.15) is 40.8 Å². The van der Waals surface area contributed by atoms with E-state index in [1.165, 1.54) is 36.9 Å². The van der Waals surface area contributed by atoms with Gasteiger partial charge in [-0.25, -0.2) is 13.9 Å². The standard InChI is InChI=1S/C25H33ClFN6O8P/c1-6-37-19-17-18(30-23(28)31-19)33(13-29-17)22-24(5,26)21(35)25(27,40-22)12-38-42(36,41-16-10-8-7-9-11-16)32-15(4)20(34)39-14(2)3/h7-11,13-15,21-22,35H,6,12H2,1-5H3,(H,32,36)(H2,28,30,31)/t15-,21-,22+,24+,25+,42?/m0/s1. The van der Waals surface area contributed by atoms with E-state index in [2.05, 4.69) is 20.0 Å². The number of imidazole rings is 1. The first-order chi connectivity index (χ1) is 19.7. The Morgan fingerprint density at radius 2 is 2.00 bits per heavy atom. The quantitative estimate of drug-likeness (QED) is 0.150. The fraction of sp³-hybridized carbons (Fsp3) is 0.520. The number of aliphatic hydroxyl groups excluding tert-OH is 1. The maximum absolute atomic E-state index is 16.4. The van der Waals surface area contributed by atoms with Crippen LogP contribution in [0, 0.1) is 0 Å². The van der Waals surface area contributed by atoms with Crippen LogP contribution in [0.2, 0.25) is 0 Å². The van der Waals surface area contributed by atoms with Crippen molar-refractivity contribution in [3.8, 4) is 11.6 Å². The minimum Gasteiger partial charge on any atom is -0.476 e. The Kier molecular flexibility index (Phi) is 9.31. The summed E-state index contributed by atoms with van der Waals surface area (Å²) in [6.07, 6.45) is -2.61. The van der Waals surface area contributed by atoms with E-state index in [9.17, 15) is 14.5 Å². The summed E-state index contributed by atoms with van der Waals surface area (Å²) in [5, 5.41) is 13.5. The molecule has 1 aliphatic heterocycles. The summed E-state index contributed by atoms with van der Waals surface area (Å²) >= 11 is 6.65. The van der Waals surface area contributed by atoms with Gasteiger partial charge in [-0.3, -0.25) is 13.9 Å². The molecule has 0 saturated carbocycles. The molecular weight excluding hydrogens is 598 g/mol. The fourth-order valence-electron chi connectivity index (χ4n) is 4.19. The summed E-state index contributed by atoms with van der Waals surface area (Å²) in [5.74, 6) is -3.71. The predicted octanol–water partition coefficient (Wildman–Crippen LogP) is 3.49. The van der Waals surface area contributed by atoms with Crippen molar-refractivity contribution < 1.29 is 42.1 Å². The molecule has 3 aromatic rings. The molecule has 42 heavy (non-hydrogen) atoms. The minimum atomic E-state index is -4.50. The summed E-state index contributed by atoms with van der Waals surface area (Å²) in [4.78, 5) is 23.0. The second-order valence-corrected chi connectivity index (χ2v) is 12.5. The summed E-state index contributed by atoms with van der Waals surface area (Å²) in [6, 6.07) is 6.72. The van der Waals surface area contributed by atoms with E-state index >= 15 is 4.39 Å². The maximum Gasteiger partial charge on any atom is 0.459 e. The lowest BCUT2D eigenvalue weighted by Gasteiger charge is -2.28. The van der Waals surface area contributed by atoms with E-state index in [0.29, 0.717) is 0 Å². The van der Waals surface area contributed by atoms with Gasteiger partial charge in [0.2, 0.25) is 11.8 Å². The normalized spacial score (nSPS) is 26.2. The second-order valence-electron chi connectivity index (χ2n) is 9.97. The number of aromatic nitrogens is 4. The van der Waals surface area contributed by atoms with Gasteiger partial charge in [0.05, 0.1) is 19.0 Å². The molecule has 0 spiro atoms. The molecule has 0 radical (unpaired) electrons. The molecule has 4 N–H and O–H groups in total. The lowest BCUT2D eigenvalue weighted by atomic mass is 10.00. The zero-order chi connectivity index (χ0) is 30.9. The number of nitrogen functional groups attached to an aromatic ring is 1. The Morgan fingerprint density at radius 1 is 1.31 bits per heavy atom. The third-order valence-electron chi connectivity index (χ3n) is 6.13. The monoisotopic (exact) mass is 630 g/mol. The van der Waals surface area contributed by atoms with E-state index in [0.717, 1.165) is 0 Å². The van der Waals surface area contributed by atoms with Crippen molar-refractivity contribution in [1.29, 1.82) is 0 Å². The van der Waals surface area contributed by atoms with E-state index < -0.39 is 55.5 Å². The smallest absolute Gasteiger partial charge is 0.459 e. The van der Waals surface area contributed by atoms with Crippen molar-refractivity contribution in [2.24, 2.45) is 0 Å². The van der Waals surface area contributed by atoms with Gasteiger partial charge < -0.3 is 29.6 Å². The number of fused-ring (bicyclic) bond motifs is 1. The van der Waals surface area contributed by atoms with Gasteiger partial charge in [-0.15, -0.1) is 11.6 Å². The Morgan fingerprint density at radius 3 is 2.64 bits per heavy atom. The molecule has 3 heterocycles. The highest BCUT2D eigenvalue weighted by Gasteiger charge is 2.64. The van der Waals surface area contributed by atoms with Crippen LogP contribution in [0.25, 0.3) is 11.2 Å². The SMILES string of the molecule is CCOc1nc(N)nc2c1ncn2[C@@H]1O[C@](F)(COP(=O)(N[C@@H](C)C(=O)OC(C)C)Oc2ccccc2)[C@@H](O)[C@@]1(C)Cl.